The van der Waals surface area contributed by atoms with Gasteiger partial charge in [0.15, 0.2) is 0 Å². The van der Waals surface area contributed by atoms with Crippen molar-refractivity contribution in [1.82, 2.24) is 4.31 Å². The molecule has 0 saturated carbocycles. The average Bonchev–Trinajstić information content (AvgIpc) is 2.49. The van der Waals surface area contributed by atoms with Crippen molar-refractivity contribution in [3.63, 3.8) is 0 Å². The number of anilines is 1. The molecule has 0 saturated heterocycles. The topological polar surface area (TPSA) is 49.4 Å². The van der Waals surface area contributed by atoms with Crippen molar-refractivity contribution in [2.24, 2.45) is 0 Å². The Morgan fingerprint density at radius 2 is 1.77 bits per heavy atom. The van der Waals surface area contributed by atoms with E-state index >= 15 is 0 Å². The van der Waals surface area contributed by atoms with E-state index in [0.29, 0.717) is 22.3 Å². The molecule has 7 heteroatoms. The molecule has 0 bridgehead atoms. The second-order valence-electron chi connectivity index (χ2n) is 4.88. The monoisotopic (exact) mass is 358 g/mol. The first-order chi connectivity index (χ1) is 10.3. The van der Waals surface area contributed by atoms with Crippen molar-refractivity contribution in [3.05, 3.63) is 58.1 Å². The summed E-state index contributed by atoms with van der Waals surface area (Å²) in [7, 11) is -0.449. The number of sulfonamides is 1. The van der Waals surface area contributed by atoms with Crippen molar-refractivity contribution in [2.45, 2.75) is 11.4 Å². The molecule has 22 heavy (non-hydrogen) atoms. The molecule has 0 aliphatic heterocycles. The molecule has 0 heterocycles. The summed E-state index contributed by atoms with van der Waals surface area (Å²) < 4.78 is 25.4. The van der Waals surface area contributed by atoms with E-state index in [9.17, 15) is 8.42 Å². The van der Waals surface area contributed by atoms with E-state index in [0.717, 1.165) is 5.56 Å². The van der Waals surface area contributed by atoms with Crippen molar-refractivity contribution >= 4 is 38.9 Å². The highest BCUT2D eigenvalue weighted by atomic mass is 35.5. The Kier molecular flexibility index (Phi) is 5.34. The van der Waals surface area contributed by atoms with Gasteiger partial charge in [-0.1, -0.05) is 41.4 Å². The first-order valence-electron chi connectivity index (χ1n) is 6.51. The number of nitrogens with one attached hydrogen (secondary N) is 1. The van der Waals surface area contributed by atoms with E-state index in [1.54, 1.807) is 30.3 Å². The van der Waals surface area contributed by atoms with Gasteiger partial charge in [0.25, 0.3) is 0 Å². The minimum atomic E-state index is -3.45. The first kappa shape index (κ1) is 17.1. The molecular weight excluding hydrogens is 343 g/mol. The molecule has 0 aromatic heterocycles. The van der Waals surface area contributed by atoms with Gasteiger partial charge in [0.1, 0.15) is 0 Å². The fourth-order valence-electron chi connectivity index (χ4n) is 1.86. The molecule has 0 spiro atoms. The maximum absolute atomic E-state index is 12.1. The third-order valence-electron chi connectivity index (χ3n) is 3.13. The summed E-state index contributed by atoms with van der Waals surface area (Å²) in [5, 5.41) is 4.14. The molecule has 0 unspecified atom stereocenters. The van der Waals surface area contributed by atoms with E-state index in [2.05, 4.69) is 5.32 Å². The summed E-state index contributed by atoms with van der Waals surface area (Å²) in [4.78, 5) is 0.236. The zero-order valence-corrected chi connectivity index (χ0v) is 14.5. The van der Waals surface area contributed by atoms with Crippen LogP contribution in [0.5, 0.6) is 0 Å². The molecule has 0 aliphatic carbocycles. The summed E-state index contributed by atoms with van der Waals surface area (Å²) in [6, 6.07) is 12.0. The second kappa shape index (κ2) is 6.87. The summed E-state index contributed by atoms with van der Waals surface area (Å²) in [6.45, 7) is 0.449. The third-order valence-corrected chi connectivity index (χ3v) is 5.80. The van der Waals surface area contributed by atoms with Gasteiger partial charge in [-0.05, 0) is 29.8 Å². The van der Waals surface area contributed by atoms with Crippen molar-refractivity contribution in [3.8, 4) is 0 Å². The van der Waals surface area contributed by atoms with Crippen LogP contribution < -0.4 is 5.32 Å². The van der Waals surface area contributed by atoms with Gasteiger partial charge in [0, 0.05) is 26.3 Å². The van der Waals surface area contributed by atoms with Crippen molar-refractivity contribution in [1.29, 1.82) is 0 Å². The number of benzene rings is 2. The number of hydrogen-bond acceptors (Lipinski definition) is 3. The highest BCUT2D eigenvalue weighted by Crippen LogP contribution is 2.26. The lowest BCUT2D eigenvalue weighted by Gasteiger charge is -2.13. The normalized spacial score (nSPS) is 11.7. The third kappa shape index (κ3) is 3.73. The zero-order valence-electron chi connectivity index (χ0n) is 12.2. The molecule has 0 fully saturated rings. The van der Waals surface area contributed by atoms with Gasteiger partial charge in [0.05, 0.1) is 14.9 Å². The van der Waals surface area contributed by atoms with Crippen LogP contribution in [-0.4, -0.2) is 26.8 Å². The number of nitrogens with zero attached hydrogens (tertiary/aromatic N) is 1. The Hall–Kier alpha value is -1.27. The Morgan fingerprint density at radius 1 is 1.09 bits per heavy atom. The predicted molar refractivity (Wildman–Crippen MR) is 91.1 cm³/mol. The molecule has 0 aliphatic rings. The Balaban J connectivity index is 2.20. The molecule has 0 atom stereocenters. The molecule has 4 nitrogen and oxygen atoms in total. The first-order valence-corrected chi connectivity index (χ1v) is 8.71. The lowest BCUT2D eigenvalue weighted by Crippen LogP contribution is -2.22. The Labute approximate surface area is 140 Å². The maximum Gasteiger partial charge on any atom is 0.242 e. The van der Waals surface area contributed by atoms with Crippen LogP contribution in [0.3, 0.4) is 0 Å². The highest BCUT2D eigenvalue weighted by molar-refractivity contribution is 7.89. The minimum Gasteiger partial charge on any atom is -0.381 e. The van der Waals surface area contributed by atoms with Crippen molar-refractivity contribution < 1.29 is 8.42 Å². The minimum absolute atomic E-state index is 0.236. The van der Waals surface area contributed by atoms with Gasteiger partial charge >= 0.3 is 0 Å². The van der Waals surface area contributed by atoms with Crippen LogP contribution in [0.4, 0.5) is 5.69 Å². The van der Waals surface area contributed by atoms with Crippen LogP contribution in [0.15, 0.2) is 47.4 Å². The van der Waals surface area contributed by atoms with E-state index in [1.165, 1.54) is 18.4 Å². The molecular formula is C15H16Cl2N2O2S. The molecule has 118 valence electrons. The fraction of sp³-hybridized carbons (Fsp3) is 0.200. The van der Waals surface area contributed by atoms with Gasteiger partial charge in [0.2, 0.25) is 10.0 Å². The van der Waals surface area contributed by atoms with Crippen LogP contribution in [0.2, 0.25) is 10.0 Å². The zero-order chi connectivity index (χ0) is 16.3. The molecule has 2 aromatic rings. The molecule has 0 amide bonds. The summed E-state index contributed by atoms with van der Waals surface area (Å²) in [5.74, 6) is 0. The average molecular weight is 359 g/mol. The van der Waals surface area contributed by atoms with Crippen LogP contribution in [0, 0.1) is 0 Å². The number of rotatable bonds is 5. The van der Waals surface area contributed by atoms with E-state index in [4.69, 9.17) is 23.2 Å². The largest absolute Gasteiger partial charge is 0.381 e. The van der Waals surface area contributed by atoms with Crippen LogP contribution in [-0.2, 0) is 16.6 Å². The standard InChI is InChI=1S/C15H16Cl2N2O2S/c1-19(2)22(20,21)13-7-4-6-12(9-13)18-10-11-5-3-8-14(16)15(11)17/h3-9,18H,10H2,1-2H3. The summed E-state index contributed by atoms with van der Waals surface area (Å²) in [6.07, 6.45) is 0. The molecule has 0 radical (unpaired) electrons. The van der Waals surface area contributed by atoms with Crippen LogP contribution in [0.25, 0.3) is 0 Å². The Bertz CT molecular complexity index is 777. The van der Waals surface area contributed by atoms with Gasteiger partial charge in [-0.3, -0.25) is 0 Å². The molecule has 1 N–H and O–H groups in total. The highest BCUT2D eigenvalue weighted by Gasteiger charge is 2.17. The van der Waals surface area contributed by atoms with Gasteiger partial charge in [-0.25, -0.2) is 12.7 Å². The van der Waals surface area contributed by atoms with Gasteiger partial charge < -0.3 is 5.32 Å². The summed E-state index contributed by atoms with van der Waals surface area (Å²) >= 11 is 12.1. The van der Waals surface area contributed by atoms with Crippen LogP contribution >= 0.6 is 23.2 Å². The smallest absolute Gasteiger partial charge is 0.242 e. The van der Waals surface area contributed by atoms with Gasteiger partial charge in [-0.2, -0.15) is 0 Å². The lowest BCUT2D eigenvalue weighted by molar-refractivity contribution is 0.521. The van der Waals surface area contributed by atoms with Gasteiger partial charge in [-0.15, -0.1) is 0 Å². The quantitative estimate of drug-likeness (QED) is 0.882. The fourth-order valence-corrected chi connectivity index (χ4v) is 3.19. The van der Waals surface area contributed by atoms with Crippen molar-refractivity contribution in [2.75, 3.05) is 19.4 Å². The predicted octanol–water partition coefficient (Wildman–Crippen LogP) is 3.86. The Morgan fingerprint density at radius 3 is 2.45 bits per heavy atom. The second-order valence-corrected chi connectivity index (χ2v) is 7.82. The lowest BCUT2D eigenvalue weighted by atomic mass is 10.2. The number of halogens is 2. The van der Waals surface area contributed by atoms with Crippen LogP contribution in [0.1, 0.15) is 5.56 Å². The molecule has 2 rings (SSSR count). The van der Waals surface area contributed by atoms with E-state index in [1.807, 2.05) is 12.1 Å². The van der Waals surface area contributed by atoms with E-state index < -0.39 is 10.0 Å². The maximum atomic E-state index is 12.1. The number of hydrogen-bond donors (Lipinski definition) is 1. The molecule has 2 aromatic carbocycles. The summed E-state index contributed by atoms with van der Waals surface area (Å²) in [5.41, 5.74) is 1.54. The SMILES string of the molecule is CN(C)S(=O)(=O)c1cccc(NCc2cccc(Cl)c2Cl)c1. The van der Waals surface area contributed by atoms with E-state index in [-0.39, 0.29) is 4.90 Å².